The first-order valence-electron chi connectivity index (χ1n) is 7.85. The number of benzene rings is 1. The van der Waals surface area contributed by atoms with Crippen molar-refractivity contribution in [2.45, 2.75) is 38.2 Å². The van der Waals surface area contributed by atoms with Crippen LogP contribution in [0.5, 0.6) is 0 Å². The standard InChI is InChI=1S/C17H22FNO2/c18-15-7-3-6-12(8-15)16(20)9-17(21)19-10-13-4-1-2-5-14(13)11-19/h3,6-8,13-14,16,20H,1-2,4-5,9-11H2. The van der Waals surface area contributed by atoms with Crippen molar-refractivity contribution < 1.29 is 14.3 Å². The quantitative estimate of drug-likeness (QED) is 0.930. The van der Waals surface area contributed by atoms with E-state index in [0.29, 0.717) is 17.4 Å². The predicted octanol–water partition coefficient (Wildman–Crippen LogP) is 2.90. The molecule has 3 nitrogen and oxygen atoms in total. The fourth-order valence-electron chi connectivity index (χ4n) is 3.74. The number of hydrogen-bond donors (Lipinski definition) is 1. The minimum absolute atomic E-state index is 0.0128. The van der Waals surface area contributed by atoms with Gasteiger partial charge in [0, 0.05) is 13.1 Å². The Hall–Kier alpha value is -1.42. The van der Waals surface area contributed by atoms with Gasteiger partial charge >= 0.3 is 0 Å². The molecule has 0 spiro atoms. The van der Waals surface area contributed by atoms with E-state index in [1.807, 2.05) is 4.90 Å². The second-order valence-electron chi connectivity index (χ2n) is 6.38. The summed E-state index contributed by atoms with van der Waals surface area (Å²) in [6.07, 6.45) is 4.12. The Morgan fingerprint density at radius 1 is 1.29 bits per heavy atom. The van der Waals surface area contributed by atoms with E-state index in [2.05, 4.69) is 0 Å². The van der Waals surface area contributed by atoms with Gasteiger partial charge in [-0.3, -0.25) is 4.79 Å². The zero-order chi connectivity index (χ0) is 14.8. The van der Waals surface area contributed by atoms with Crippen molar-refractivity contribution in [3.8, 4) is 0 Å². The molecule has 0 bridgehead atoms. The van der Waals surface area contributed by atoms with Gasteiger partial charge in [0.05, 0.1) is 12.5 Å². The van der Waals surface area contributed by atoms with E-state index in [-0.39, 0.29) is 18.1 Å². The molecule has 1 aliphatic carbocycles. The van der Waals surface area contributed by atoms with Gasteiger partial charge < -0.3 is 10.0 Å². The predicted molar refractivity (Wildman–Crippen MR) is 78.0 cm³/mol. The Kier molecular flexibility index (Phi) is 4.24. The van der Waals surface area contributed by atoms with Gasteiger partial charge in [-0.05, 0) is 42.4 Å². The molecule has 0 aromatic heterocycles. The van der Waals surface area contributed by atoms with Gasteiger partial charge in [0.15, 0.2) is 0 Å². The number of carbonyl (C=O) groups excluding carboxylic acids is 1. The first-order valence-corrected chi connectivity index (χ1v) is 7.85. The molecule has 3 unspecified atom stereocenters. The van der Waals surface area contributed by atoms with E-state index in [0.717, 1.165) is 13.1 Å². The van der Waals surface area contributed by atoms with Crippen molar-refractivity contribution in [1.82, 2.24) is 4.90 Å². The highest BCUT2D eigenvalue weighted by atomic mass is 19.1. The fourth-order valence-corrected chi connectivity index (χ4v) is 3.74. The smallest absolute Gasteiger partial charge is 0.225 e. The molecule has 1 aromatic rings. The fraction of sp³-hybridized carbons (Fsp3) is 0.588. The van der Waals surface area contributed by atoms with E-state index >= 15 is 0 Å². The van der Waals surface area contributed by atoms with Crippen LogP contribution in [0, 0.1) is 17.7 Å². The molecule has 1 aromatic carbocycles. The zero-order valence-electron chi connectivity index (χ0n) is 12.2. The SMILES string of the molecule is O=C(CC(O)c1cccc(F)c1)N1CC2CCCCC2C1. The lowest BCUT2D eigenvalue weighted by molar-refractivity contribution is -0.132. The molecule has 1 aliphatic heterocycles. The molecular weight excluding hydrogens is 269 g/mol. The highest BCUT2D eigenvalue weighted by Gasteiger charge is 2.36. The maximum Gasteiger partial charge on any atom is 0.225 e. The van der Waals surface area contributed by atoms with Crippen LogP contribution in [-0.2, 0) is 4.79 Å². The van der Waals surface area contributed by atoms with Crippen molar-refractivity contribution >= 4 is 5.91 Å². The highest BCUT2D eigenvalue weighted by molar-refractivity contribution is 5.77. The normalized spacial score (nSPS) is 26.5. The van der Waals surface area contributed by atoms with Gasteiger partial charge in [0.25, 0.3) is 0 Å². The first kappa shape index (κ1) is 14.5. The lowest BCUT2D eigenvalue weighted by atomic mass is 9.82. The summed E-state index contributed by atoms with van der Waals surface area (Å²) in [6.45, 7) is 1.67. The molecule has 0 radical (unpaired) electrons. The molecule has 1 saturated heterocycles. The van der Waals surface area contributed by atoms with Crippen LogP contribution in [-0.4, -0.2) is 29.0 Å². The van der Waals surface area contributed by atoms with Crippen molar-refractivity contribution in [2.24, 2.45) is 11.8 Å². The first-order chi connectivity index (χ1) is 10.1. The van der Waals surface area contributed by atoms with Gasteiger partial charge in [-0.25, -0.2) is 4.39 Å². The van der Waals surface area contributed by atoms with Crippen LogP contribution in [0.4, 0.5) is 4.39 Å². The average Bonchev–Trinajstić information content (AvgIpc) is 2.91. The summed E-state index contributed by atoms with van der Waals surface area (Å²) in [6, 6.07) is 5.85. The van der Waals surface area contributed by atoms with Gasteiger partial charge in [0.1, 0.15) is 5.82 Å². The second-order valence-corrected chi connectivity index (χ2v) is 6.38. The molecule has 21 heavy (non-hydrogen) atoms. The highest BCUT2D eigenvalue weighted by Crippen LogP contribution is 2.36. The Balaban J connectivity index is 1.59. The number of aliphatic hydroxyl groups excluding tert-OH is 1. The van der Waals surface area contributed by atoms with Crippen LogP contribution in [0.1, 0.15) is 43.8 Å². The molecule has 2 fully saturated rings. The third-order valence-corrected chi connectivity index (χ3v) is 4.93. The Bertz CT molecular complexity index is 505. The van der Waals surface area contributed by atoms with E-state index in [9.17, 15) is 14.3 Å². The zero-order valence-corrected chi connectivity index (χ0v) is 12.2. The lowest BCUT2D eigenvalue weighted by Crippen LogP contribution is -2.30. The molecule has 1 saturated carbocycles. The summed E-state index contributed by atoms with van der Waals surface area (Å²) >= 11 is 0. The number of hydrogen-bond acceptors (Lipinski definition) is 2. The summed E-state index contributed by atoms with van der Waals surface area (Å²) < 4.78 is 13.2. The van der Waals surface area contributed by atoms with Crippen molar-refractivity contribution in [3.05, 3.63) is 35.6 Å². The molecule has 1 amide bonds. The van der Waals surface area contributed by atoms with Gasteiger partial charge in [-0.15, -0.1) is 0 Å². The van der Waals surface area contributed by atoms with Crippen molar-refractivity contribution in [3.63, 3.8) is 0 Å². The van der Waals surface area contributed by atoms with Gasteiger partial charge in [-0.1, -0.05) is 25.0 Å². The van der Waals surface area contributed by atoms with Crippen molar-refractivity contribution in [1.29, 1.82) is 0 Å². The third kappa shape index (κ3) is 3.26. The number of halogens is 1. The molecule has 3 rings (SSSR count). The lowest BCUT2D eigenvalue weighted by Gasteiger charge is -2.22. The maximum atomic E-state index is 13.2. The molecule has 1 heterocycles. The summed E-state index contributed by atoms with van der Waals surface area (Å²) in [7, 11) is 0. The summed E-state index contributed by atoms with van der Waals surface area (Å²) in [5, 5.41) is 10.1. The van der Waals surface area contributed by atoms with Crippen LogP contribution >= 0.6 is 0 Å². The van der Waals surface area contributed by atoms with E-state index < -0.39 is 6.10 Å². The number of likely N-dealkylation sites (tertiary alicyclic amines) is 1. The van der Waals surface area contributed by atoms with Crippen molar-refractivity contribution in [2.75, 3.05) is 13.1 Å². The topological polar surface area (TPSA) is 40.5 Å². The molecule has 2 aliphatic rings. The molecule has 4 heteroatoms. The minimum atomic E-state index is -0.921. The Morgan fingerprint density at radius 3 is 2.57 bits per heavy atom. The van der Waals surface area contributed by atoms with E-state index in [4.69, 9.17) is 0 Å². The second kappa shape index (κ2) is 6.14. The number of fused-ring (bicyclic) bond motifs is 1. The number of rotatable bonds is 3. The van der Waals surface area contributed by atoms with Crippen LogP contribution in [0.3, 0.4) is 0 Å². The molecular formula is C17H22FNO2. The molecule has 1 N–H and O–H groups in total. The number of carbonyl (C=O) groups is 1. The summed E-state index contributed by atoms with van der Waals surface area (Å²) in [5.74, 6) is 0.898. The minimum Gasteiger partial charge on any atom is -0.388 e. The van der Waals surface area contributed by atoms with Crippen LogP contribution in [0.25, 0.3) is 0 Å². The number of aliphatic hydroxyl groups is 1. The van der Waals surface area contributed by atoms with E-state index in [1.165, 1.54) is 37.8 Å². The van der Waals surface area contributed by atoms with Gasteiger partial charge in [0.2, 0.25) is 5.91 Å². The molecule has 114 valence electrons. The Morgan fingerprint density at radius 2 is 1.95 bits per heavy atom. The summed E-state index contributed by atoms with van der Waals surface area (Å²) in [5.41, 5.74) is 0.472. The van der Waals surface area contributed by atoms with E-state index in [1.54, 1.807) is 12.1 Å². The van der Waals surface area contributed by atoms with Crippen LogP contribution in [0.15, 0.2) is 24.3 Å². The monoisotopic (exact) mass is 291 g/mol. The maximum absolute atomic E-state index is 13.2. The van der Waals surface area contributed by atoms with Crippen LogP contribution in [0.2, 0.25) is 0 Å². The third-order valence-electron chi connectivity index (χ3n) is 4.93. The van der Waals surface area contributed by atoms with Crippen LogP contribution < -0.4 is 0 Å². The number of nitrogens with zero attached hydrogens (tertiary/aromatic N) is 1. The Labute approximate surface area is 124 Å². The molecule has 3 atom stereocenters. The average molecular weight is 291 g/mol. The largest absolute Gasteiger partial charge is 0.388 e. The van der Waals surface area contributed by atoms with Gasteiger partial charge in [-0.2, -0.15) is 0 Å². The summed E-state index contributed by atoms with van der Waals surface area (Å²) in [4.78, 5) is 14.2. The number of amides is 1.